The van der Waals surface area contributed by atoms with Gasteiger partial charge in [0.05, 0.1) is 33.0 Å². The Bertz CT molecular complexity index is 623. The molecule has 2 rings (SSSR count). The maximum atomic E-state index is 11.1. The fourth-order valence-corrected chi connectivity index (χ4v) is 1.56. The van der Waals surface area contributed by atoms with Gasteiger partial charge in [0.1, 0.15) is 11.5 Å². The number of aromatic nitrogens is 2. The Morgan fingerprint density at radius 3 is 2.14 bits per heavy atom. The number of methoxy groups -OCH3 is 3. The predicted molar refractivity (Wildman–Crippen MR) is 73.6 cm³/mol. The lowest BCUT2D eigenvalue weighted by Gasteiger charge is -2.10. The van der Waals surface area contributed by atoms with E-state index in [-0.39, 0.29) is 23.5 Å². The van der Waals surface area contributed by atoms with Crippen LogP contribution in [0.4, 0.5) is 0 Å². The number of rotatable bonds is 6. The molecule has 2 aromatic rings. The molecule has 0 radical (unpaired) electrons. The average Bonchev–Trinajstić information content (AvgIpc) is 2.54. The minimum Gasteiger partial charge on any atom is -0.497 e. The van der Waals surface area contributed by atoms with Gasteiger partial charge in [-0.2, -0.15) is 9.97 Å². The largest absolute Gasteiger partial charge is 0.497 e. The van der Waals surface area contributed by atoms with Gasteiger partial charge < -0.3 is 18.9 Å². The van der Waals surface area contributed by atoms with Crippen LogP contribution in [0.5, 0.6) is 29.3 Å². The van der Waals surface area contributed by atoms with Crippen molar-refractivity contribution in [1.82, 2.24) is 9.97 Å². The van der Waals surface area contributed by atoms with Gasteiger partial charge in [0.2, 0.25) is 11.8 Å². The Morgan fingerprint density at radius 2 is 1.62 bits per heavy atom. The zero-order chi connectivity index (χ0) is 15.2. The molecule has 1 aromatic heterocycles. The van der Waals surface area contributed by atoms with Crippen LogP contribution in [0.1, 0.15) is 10.4 Å². The summed E-state index contributed by atoms with van der Waals surface area (Å²) in [6.45, 7) is 0. The van der Waals surface area contributed by atoms with E-state index in [1.54, 1.807) is 18.2 Å². The van der Waals surface area contributed by atoms with E-state index < -0.39 is 0 Å². The maximum absolute atomic E-state index is 11.1. The molecule has 0 saturated carbocycles. The molecule has 0 unspecified atom stereocenters. The summed E-state index contributed by atoms with van der Waals surface area (Å²) in [5.41, 5.74) is 0.348. The Labute approximate surface area is 121 Å². The van der Waals surface area contributed by atoms with Gasteiger partial charge in [-0.25, -0.2) is 0 Å². The average molecular weight is 290 g/mol. The lowest BCUT2D eigenvalue weighted by molar-refractivity contribution is 0.112. The molecule has 1 aromatic carbocycles. The summed E-state index contributed by atoms with van der Waals surface area (Å²) in [4.78, 5) is 19.1. The molecule has 0 aliphatic carbocycles. The van der Waals surface area contributed by atoms with E-state index in [9.17, 15) is 4.79 Å². The normalized spacial score (nSPS) is 9.86. The minimum atomic E-state index is 0.00236. The number of hydrogen-bond donors (Lipinski definition) is 0. The molecule has 0 atom stereocenters. The molecule has 110 valence electrons. The number of hydrogen-bond acceptors (Lipinski definition) is 7. The number of benzene rings is 1. The molecule has 0 fully saturated rings. The highest BCUT2D eigenvalue weighted by molar-refractivity contribution is 5.80. The summed E-state index contributed by atoms with van der Waals surface area (Å²) in [6, 6.07) is 6.32. The highest BCUT2D eigenvalue weighted by atomic mass is 16.5. The summed E-state index contributed by atoms with van der Waals surface area (Å²) >= 11 is 0. The SMILES string of the molecule is COc1ccc(C=O)c(Oc2nc(OC)cc(OC)n2)c1. The monoisotopic (exact) mass is 290 g/mol. The molecule has 0 bridgehead atoms. The number of nitrogens with zero attached hydrogens (tertiary/aromatic N) is 2. The van der Waals surface area contributed by atoms with Crippen LogP contribution in [0.25, 0.3) is 0 Å². The van der Waals surface area contributed by atoms with Crippen LogP contribution in [0.3, 0.4) is 0 Å². The molecule has 0 amide bonds. The highest BCUT2D eigenvalue weighted by Crippen LogP contribution is 2.28. The standard InChI is InChI=1S/C14H14N2O5/c1-18-10-5-4-9(8-17)11(6-10)21-14-15-12(19-2)7-13(16-14)20-3/h4-8H,1-3H3. The summed E-state index contributed by atoms with van der Waals surface area (Å²) in [5.74, 6) is 1.39. The van der Waals surface area contributed by atoms with Crippen molar-refractivity contribution in [1.29, 1.82) is 0 Å². The van der Waals surface area contributed by atoms with Crippen molar-refractivity contribution in [2.24, 2.45) is 0 Å². The van der Waals surface area contributed by atoms with Crippen molar-refractivity contribution in [2.75, 3.05) is 21.3 Å². The molecule has 7 heteroatoms. The van der Waals surface area contributed by atoms with Crippen molar-refractivity contribution in [3.63, 3.8) is 0 Å². The van der Waals surface area contributed by atoms with Gasteiger partial charge in [-0.05, 0) is 12.1 Å². The van der Waals surface area contributed by atoms with Crippen LogP contribution < -0.4 is 18.9 Å². The first-order valence-corrected chi connectivity index (χ1v) is 5.98. The molecule has 0 aliphatic rings. The fraction of sp³-hybridized carbons (Fsp3) is 0.214. The van der Waals surface area contributed by atoms with Gasteiger partial charge in [-0.1, -0.05) is 0 Å². The first-order valence-electron chi connectivity index (χ1n) is 5.98. The van der Waals surface area contributed by atoms with Gasteiger partial charge in [-0.3, -0.25) is 4.79 Å². The lowest BCUT2D eigenvalue weighted by atomic mass is 10.2. The second kappa shape index (κ2) is 6.56. The van der Waals surface area contributed by atoms with Gasteiger partial charge in [0, 0.05) is 6.07 Å². The first kappa shape index (κ1) is 14.6. The molecule has 7 nitrogen and oxygen atoms in total. The molecule has 0 spiro atoms. The van der Waals surface area contributed by atoms with E-state index >= 15 is 0 Å². The summed E-state index contributed by atoms with van der Waals surface area (Å²) < 4.78 is 20.7. The van der Waals surface area contributed by atoms with Gasteiger partial charge in [-0.15, -0.1) is 0 Å². The third-order valence-electron chi connectivity index (χ3n) is 2.63. The Kier molecular flexibility index (Phi) is 4.55. The van der Waals surface area contributed by atoms with Crippen molar-refractivity contribution in [3.05, 3.63) is 29.8 Å². The highest BCUT2D eigenvalue weighted by Gasteiger charge is 2.11. The van der Waals surface area contributed by atoms with Crippen LogP contribution in [0, 0.1) is 0 Å². The van der Waals surface area contributed by atoms with Gasteiger partial charge in [0.15, 0.2) is 6.29 Å². The first-order chi connectivity index (χ1) is 10.2. The van der Waals surface area contributed by atoms with Crippen molar-refractivity contribution >= 4 is 6.29 Å². The van der Waals surface area contributed by atoms with Crippen LogP contribution in [-0.4, -0.2) is 37.6 Å². The molecule has 0 N–H and O–H groups in total. The number of ether oxygens (including phenoxy) is 4. The zero-order valence-electron chi connectivity index (χ0n) is 11.8. The third kappa shape index (κ3) is 3.38. The van der Waals surface area contributed by atoms with Crippen molar-refractivity contribution in [2.45, 2.75) is 0 Å². The third-order valence-corrected chi connectivity index (χ3v) is 2.63. The topological polar surface area (TPSA) is 79.8 Å². The second-order valence-electron chi connectivity index (χ2n) is 3.86. The Balaban J connectivity index is 2.39. The number of aldehydes is 1. The van der Waals surface area contributed by atoms with E-state index in [1.165, 1.54) is 27.4 Å². The number of carbonyl (C=O) groups excluding carboxylic acids is 1. The van der Waals surface area contributed by atoms with Crippen LogP contribution in [-0.2, 0) is 0 Å². The second-order valence-corrected chi connectivity index (χ2v) is 3.86. The van der Waals surface area contributed by atoms with Crippen LogP contribution in [0.15, 0.2) is 24.3 Å². The minimum absolute atomic E-state index is 0.00236. The molecular weight excluding hydrogens is 276 g/mol. The Morgan fingerprint density at radius 1 is 0.952 bits per heavy atom. The number of carbonyl (C=O) groups is 1. The lowest BCUT2D eigenvalue weighted by Crippen LogP contribution is -1.99. The van der Waals surface area contributed by atoms with Crippen molar-refractivity contribution in [3.8, 4) is 29.3 Å². The smallest absolute Gasteiger partial charge is 0.328 e. The predicted octanol–water partition coefficient (Wildman–Crippen LogP) is 2.11. The van der Waals surface area contributed by atoms with Crippen LogP contribution in [0.2, 0.25) is 0 Å². The van der Waals surface area contributed by atoms with Crippen LogP contribution >= 0.6 is 0 Å². The molecule has 0 saturated heterocycles. The zero-order valence-corrected chi connectivity index (χ0v) is 11.8. The molecule has 1 heterocycles. The van der Waals surface area contributed by atoms with Gasteiger partial charge in [0.25, 0.3) is 0 Å². The Hall–Kier alpha value is -2.83. The maximum Gasteiger partial charge on any atom is 0.328 e. The fourth-order valence-electron chi connectivity index (χ4n) is 1.56. The quantitative estimate of drug-likeness (QED) is 0.754. The van der Waals surface area contributed by atoms with E-state index in [0.717, 1.165) is 0 Å². The van der Waals surface area contributed by atoms with Gasteiger partial charge >= 0.3 is 6.01 Å². The van der Waals surface area contributed by atoms with Crippen molar-refractivity contribution < 1.29 is 23.7 Å². The van der Waals surface area contributed by atoms with E-state index in [1.807, 2.05) is 0 Å². The summed E-state index contributed by atoms with van der Waals surface area (Å²) in [5, 5.41) is 0. The van der Waals surface area contributed by atoms with E-state index in [0.29, 0.717) is 17.6 Å². The summed E-state index contributed by atoms with van der Waals surface area (Å²) in [6.07, 6.45) is 0.673. The molecule has 21 heavy (non-hydrogen) atoms. The van der Waals surface area contributed by atoms with E-state index in [4.69, 9.17) is 18.9 Å². The van der Waals surface area contributed by atoms with E-state index in [2.05, 4.69) is 9.97 Å². The molecular formula is C14H14N2O5. The molecule has 0 aliphatic heterocycles. The summed E-state index contributed by atoms with van der Waals surface area (Å²) in [7, 11) is 4.45.